The zero-order valence-electron chi connectivity index (χ0n) is 23.2. The first-order valence-electron chi connectivity index (χ1n) is 14.7. The molecule has 0 heterocycles. The van der Waals surface area contributed by atoms with Gasteiger partial charge in [-0.2, -0.15) is 0 Å². The van der Waals surface area contributed by atoms with E-state index in [0.717, 1.165) is 30.9 Å². The molecule has 0 N–H and O–H groups in total. The lowest BCUT2D eigenvalue weighted by Gasteiger charge is -2.61. The van der Waals surface area contributed by atoms with Crippen molar-refractivity contribution in [2.24, 2.45) is 51.0 Å². The van der Waals surface area contributed by atoms with Crippen LogP contribution >= 0.6 is 0 Å². The number of Topliss-reactive ketones (excluding diaryl/α,β-unsaturated/α-hetero) is 1. The summed E-state index contributed by atoms with van der Waals surface area (Å²) in [6.45, 7) is 9.85. The number of fused-ring (bicyclic) bond motifs is 7. The Kier molecular flexibility index (Phi) is 6.91. The second-order valence-corrected chi connectivity index (χ2v) is 13.3. The smallest absolute Gasteiger partial charge is 0.305 e. The molecule has 0 aromatic carbocycles. The van der Waals surface area contributed by atoms with Gasteiger partial charge in [-0.05, 0) is 111 Å². The van der Waals surface area contributed by atoms with Crippen LogP contribution in [0.25, 0.3) is 0 Å². The Balaban J connectivity index is 1.35. The van der Waals surface area contributed by atoms with Gasteiger partial charge in [0.2, 0.25) is 0 Å². The van der Waals surface area contributed by atoms with Gasteiger partial charge in [-0.1, -0.05) is 44.3 Å². The van der Waals surface area contributed by atoms with E-state index in [4.69, 9.17) is 9.57 Å². The van der Waals surface area contributed by atoms with Crippen molar-refractivity contribution in [1.82, 2.24) is 0 Å². The van der Waals surface area contributed by atoms with Crippen LogP contribution in [0, 0.1) is 45.8 Å². The minimum absolute atomic E-state index is 0.0568. The first kappa shape index (κ1) is 26.0. The SMILES string of the molecule is COC(=O)CCCO/N=C1\C=C2[C@@H](C)C[C@@H]3[C@H](CC[C@@]4(C)[C@H]3C[C@H]3CCCC[C@]34C(C)=O)[C@@]2(C)CC1. The maximum absolute atomic E-state index is 13.3. The highest BCUT2D eigenvalue weighted by Crippen LogP contribution is 2.74. The third-order valence-corrected chi connectivity index (χ3v) is 12.0. The molecular formula is C31H47NO4. The van der Waals surface area contributed by atoms with E-state index in [-0.39, 0.29) is 22.2 Å². The van der Waals surface area contributed by atoms with Gasteiger partial charge in [0.05, 0.1) is 12.8 Å². The Labute approximate surface area is 217 Å². The molecule has 0 aliphatic heterocycles. The summed E-state index contributed by atoms with van der Waals surface area (Å²) in [4.78, 5) is 30.2. The zero-order chi connectivity index (χ0) is 25.7. The number of carbonyl (C=O) groups excluding carboxylic acids is 2. The summed E-state index contributed by atoms with van der Waals surface area (Å²) < 4.78 is 4.69. The number of esters is 1. The lowest BCUT2D eigenvalue weighted by molar-refractivity contribution is -0.148. The molecule has 36 heavy (non-hydrogen) atoms. The van der Waals surface area contributed by atoms with Crippen LogP contribution in [0.1, 0.15) is 105 Å². The van der Waals surface area contributed by atoms with Gasteiger partial charge in [-0.25, -0.2) is 0 Å². The largest absolute Gasteiger partial charge is 0.469 e. The van der Waals surface area contributed by atoms with Crippen molar-refractivity contribution in [2.45, 2.75) is 105 Å². The average Bonchev–Trinajstić information content (AvgIpc) is 3.14. The Hall–Kier alpha value is -1.65. The Morgan fingerprint density at radius 2 is 1.89 bits per heavy atom. The molecule has 0 amide bonds. The molecule has 8 atom stereocenters. The molecule has 200 valence electrons. The number of oxime groups is 1. The van der Waals surface area contributed by atoms with Crippen LogP contribution in [0.3, 0.4) is 0 Å². The summed E-state index contributed by atoms with van der Waals surface area (Å²) in [5.74, 6) is 3.58. The topological polar surface area (TPSA) is 65.0 Å². The molecule has 5 aliphatic carbocycles. The van der Waals surface area contributed by atoms with Gasteiger partial charge in [-0.15, -0.1) is 0 Å². The summed E-state index contributed by atoms with van der Waals surface area (Å²) in [5, 5.41) is 4.46. The zero-order valence-corrected chi connectivity index (χ0v) is 23.2. The number of nitrogens with zero attached hydrogens (tertiary/aromatic N) is 1. The third-order valence-electron chi connectivity index (χ3n) is 12.0. The average molecular weight is 498 g/mol. The van der Waals surface area contributed by atoms with Crippen molar-refractivity contribution < 1.29 is 19.2 Å². The minimum atomic E-state index is -0.202. The van der Waals surface area contributed by atoms with E-state index in [9.17, 15) is 9.59 Å². The van der Waals surface area contributed by atoms with Gasteiger partial charge >= 0.3 is 5.97 Å². The molecule has 0 unspecified atom stereocenters. The second kappa shape index (κ2) is 9.58. The number of hydrogen-bond donors (Lipinski definition) is 0. The van der Waals surface area contributed by atoms with E-state index in [1.54, 1.807) is 5.57 Å². The number of allylic oxidation sites excluding steroid dienone is 2. The fourth-order valence-corrected chi connectivity index (χ4v) is 10.4. The molecule has 0 saturated heterocycles. The normalized spacial score (nSPS) is 44.5. The highest BCUT2D eigenvalue weighted by atomic mass is 16.6. The Morgan fingerprint density at radius 3 is 2.64 bits per heavy atom. The standard InChI is InChI=1S/C31H47NO4/c1-20-17-24-25(12-15-30(4)27(24)18-22-9-6-7-13-31(22,30)21(2)33)29(3)14-11-23(19-26(20)29)32-36-16-8-10-28(34)35-5/h19-20,22,24-25,27H,6-18H2,1-5H3/b32-23-/t20-,22+,24+,25-,27-,29+,30-,31-/m0/s1. The summed E-state index contributed by atoms with van der Waals surface area (Å²) >= 11 is 0. The quantitative estimate of drug-likeness (QED) is 0.227. The van der Waals surface area contributed by atoms with E-state index in [0.29, 0.717) is 48.9 Å². The van der Waals surface area contributed by atoms with Crippen LogP contribution in [-0.2, 0) is 19.2 Å². The molecule has 4 fully saturated rings. The summed E-state index contributed by atoms with van der Waals surface area (Å²) in [6.07, 6.45) is 15.4. The predicted molar refractivity (Wildman–Crippen MR) is 141 cm³/mol. The highest BCUT2D eigenvalue weighted by molar-refractivity contribution is 5.96. The van der Waals surface area contributed by atoms with Gasteiger partial charge in [0.25, 0.3) is 0 Å². The van der Waals surface area contributed by atoms with Crippen LogP contribution in [0.5, 0.6) is 0 Å². The summed E-state index contributed by atoms with van der Waals surface area (Å²) in [6, 6.07) is 0. The number of ketones is 1. The number of methoxy groups -OCH3 is 1. The molecule has 5 rings (SSSR count). The van der Waals surface area contributed by atoms with Crippen LogP contribution in [0.4, 0.5) is 0 Å². The van der Waals surface area contributed by atoms with Gasteiger partial charge < -0.3 is 9.57 Å². The first-order chi connectivity index (χ1) is 17.2. The van der Waals surface area contributed by atoms with E-state index in [2.05, 4.69) is 32.0 Å². The molecule has 0 bridgehead atoms. The molecule has 0 aromatic heterocycles. The van der Waals surface area contributed by atoms with Crippen molar-refractivity contribution in [3.63, 3.8) is 0 Å². The fourth-order valence-electron chi connectivity index (χ4n) is 10.4. The van der Waals surface area contributed by atoms with Gasteiger partial charge in [0.1, 0.15) is 12.4 Å². The number of carbonyl (C=O) groups is 2. The number of ether oxygens (including phenoxy) is 1. The van der Waals surface area contributed by atoms with E-state index in [1.165, 1.54) is 52.1 Å². The Bertz CT molecular complexity index is 954. The fraction of sp³-hybridized carbons (Fsp3) is 0.839. The number of rotatable bonds is 6. The van der Waals surface area contributed by atoms with Gasteiger partial charge in [0, 0.05) is 11.8 Å². The van der Waals surface area contributed by atoms with Crippen LogP contribution in [0.2, 0.25) is 0 Å². The van der Waals surface area contributed by atoms with Crippen molar-refractivity contribution in [1.29, 1.82) is 0 Å². The second-order valence-electron chi connectivity index (χ2n) is 13.3. The summed E-state index contributed by atoms with van der Waals surface area (Å²) in [5.41, 5.74) is 2.98. The third kappa shape index (κ3) is 3.81. The van der Waals surface area contributed by atoms with Gasteiger partial charge in [-0.3, -0.25) is 9.59 Å². The molecule has 5 heteroatoms. The van der Waals surface area contributed by atoms with Crippen molar-refractivity contribution in [3.05, 3.63) is 11.6 Å². The predicted octanol–water partition coefficient (Wildman–Crippen LogP) is 6.90. The van der Waals surface area contributed by atoms with Gasteiger partial charge in [0.15, 0.2) is 0 Å². The Morgan fingerprint density at radius 1 is 1.08 bits per heavy atom. The van der Waals surface area contributed by atoms with Crippen LogP contribution in [0.15, 0.2) is 16.8 Å². The number of hydrogen-bond acceptors (Lipinski definition) is 5. The minimum Gasteiger partial charge on any atom is -0.469 e. The molecule has 0 spiro atoms. The van der Waals surface area contributed by atoms with Crippen molar-refractivity contribution >= 4 is 17.5 Å². The van der Waals surface area contributed by atoms with E-state index < -0.39 is 0 Å². The molecule has 0 radical (unpaired) electrons. The lowest BCUT2D eigenvalue weighted by atomic mass is 9.43. The van der Waals surface area contributed by atoms with Crippen molar-refractivity contribution in [3.8, 4) is 0 Å². The van der Waals surface area contributed by atoms with Crippen LogP contribution in [-0.4, -0.2) is 31.2 Å². The lowest BCUT2D eigenvalue weighted by Crippen LogP contribution is -2.56. The maximum Gasteiger partial charge on any atom is 0.305 e. The highest BCUT2D eigenvalue weighted by Gasteiger charge is 2.69. The van der Waals surface area contributed by atoms with Crippen LogP contribution < -0.4 is 0 Å². The maximum atomic E-state index is 13.3. The monoisotopic (exact) mass is 497 g/mol. The molecule has 0 aromatic rings. The molecule has 5 nitrogen and oxygen atoms in total. The molecular weight excluding hydrogens is 450 g/mol. The molecule has 4 saturated carbocycles. The summed E-state index contributed by atoms with van der Waals surface area (Å²) in [7, 11) is 1.42. The van der Waals surface area contributed by atoms with E-state index in [1.807, 2.05) is 6.92 Å². The van der Waals surface area contributed by atoms with E-state index >= 15 is 0 Å². The molecule has 5 aliphatic rings. The first-order valence-corrected chi connectivity index (χ1v) is 14.7. The van der Waals surface area contributed by atoms with Crippen molar-refractivity contribution in [2.75, 3.05) is 13.7 Å².